The fraction of sp³-hybridized carbons (Fsp3) is 0.333. The van der Waals surface area contributed by atoms with Crippen molar-refractivity contribution in [2.24, 2.45) is 11.5 Å². The molecule has 0 saturated heterocycles. The molecule has 1 aromatic carbocycles. The zero-order valence-electron chi connectivity index (χ0n) is 7.53. The van der Waals surface area contributed by atoms with Crippen LogP contribution in [0.3, 0.4) is 0 Å². The third-order valence-corrected chi connectivity index (χ3v) is 1.89. The molecule has 1 rings (SSSR count). The summed E-state index contributed by atoms with van der Waals surface area (Å²) in [7, 11) is 1.54. The summed E-state index contributed by atoms with van der Waals surface area (Å²) in [5, 5.41) is 9.51. The first-order valence-electron chi connectivity index (χ1n) is 4.01. The Bertz CT molecular complexity index is 289. The van der Waals surface area contributed by atoms with Gasteiger partial charge < -0.3 is 21.3 Å². The maximum atomic E-state index is 9.51. The van der Waals surface area contributed by atoms with E-state index in [0.717, 1.165) is 0 Å². The molecule has 72 valence electrons. The van der Waals surface area contributed by atoms with Crippen LogP contribution in [0, 0.1) is 0 Å². The van der Waals surface area contributed by atoms with Crippen molar-refractivity contribution >= 4 is 0 Å². The van der Waals surface area contributed by atoms with Crippen LogP contribution in [0.1, 0.15) is 11.6 Å². The van der Waals surface area contributed by atoms with Crippen molar-refractivity contribution in [2.45, 2.75) is 6.04 Å². The first kappa shape index (κ1) is 9.83. The first-order valence-corrected chi connectivity index (χ1v) is 4.01. The average molecular weight is 182 g/mol. The van der Waals surface area contributed by atoms with Gasteiger partial charge in [0.15, 0.2) is 0 Å². The van der Waals surface area contributed by atoms with Crippen molar-refractivity contribution < 1.29 is 9.84 Å². The molecule has 0 spiro atoms. The minimum atomic E-state index is -0.328. The minimum Gasteiger partial charge on any atom is -0.507 e. The number of methoxy groups -OCH3 is 1. The number of hydrogen-bond acceptors (Lipinski definition) is 4. The van der Waals surface area contributed by atoms with Gasteiger partial charge in [0, 0.05) is 24.2 Å². The summed E-state index contributed by atoms with van der Waals surface area (Å²) in [6.07, 6.45) is 0. The van der Waals surface area contributed by atoms with Gasteiger partial charge in [-0.05, 0) is 6.07 Å². The van der Waals surface area contributed by atoms with Crippen LogP contribution >= 0.6 is 0 Å². The Balaban J connectivity index is 2.98. The molecule has 0 saturated carbocycles. The number of phenols is 1. The fourth-order valence-corrected chi connectivity index (χ4v) is 1.09. The highest BCUT2D eigenvalue weighted by atomic mass is 16.5. The highest BCUT2D eigenvalue weighted by molar-refractivity contribution is 5.41. The standard InChI is InChI=1S/C9H14N2O2/c1-13-6-2-3-7(8(11)5-10)9(12)4-6/h2-4,8,12H,5,10-11H2,1H3/t8-/m1/s1. The Labute approximate surface area is 77.1 Å². The van der Waals surface area contributed by atoms with Crippen molar-refractivity contribution in [1.82, 2.24) is 0 Å². The molecule has 13 heavy (non-hydrogen) atoms. The summed E-state index contributed by atoms with van der Waals surface area (Å²) in [5.41, 5.74) is 11.7. The van der Waals surface area contributed by atoms with Crippen LogP contribution in [0.15, 0.2) is 18.2 Å². The van der Waals surface area contributed by atoms with Crippen LogP contribution in [0.4, 0.5) is 0 Å². The van der Waals surface area contributed by atoms with Crippen molar-refractivity contribution in [3.05, 3.63) is 23.8 Å². The van der Waals surface area contributed by atoms with E-state index in [4.69, 9.17) is 16.2 Å². The Hall–Kier alpha value is -1.26. The van der Waals surface area contributed by atoms with Crippen LogP contribution in [0.2, 0.25) is 0 Å². The molecule has 0 unspecified atom stereocenters. The Morgan fingerprint density at radius 2 is 2.23 bits per heavy atom. The second kappa shape index (κ2) is 4.11. The third kappa shape index (κ3) is 2.11. The largest absolute Gasteiger partial charge is 0.507 e. The molecule has 1 aromatic rings. The van der Waals surface area contributed by atoms with E-state index in [0.29, 0.717) is 17.9 Å². The molecule has 4 nitrogen and oxygen atoms in total. The first-order chi connectivity index (χ1) is 6.19. The molecule has 0 aliphatic carbocycles. The number of rotatable bonds is 3. The lowest BCUT2D eigenvalue weighted by molar-refractivity contribution is 0.405. The van der Waals surface area contributed by atoms with Gasteiger partial charge in [-0.15, -0.1) is 0 Å². The smallest absolute Gasteiger partial charge is 0.124 e. The minimum absolute atomic E-state index is 0.123. The van der Waals surface area contributed by atoms with Crippen LogP contribution in [-0.2, 0) is 0 Å². The molecule has 1 atom stereocenters. The van der Waals surface area contributed by atoms with Gasteiger partial charge in [0.1, 0.15) is 11.5 Å². The summed E-state index contributed by atoms with van der Waals surface area (Å²) in [5.74, 6) is 0.725. The molecule has 0 bridgehead atoms. The van der Waals surface area contributed by atoms with E-state index in [1.54, 1.807) is 12.1 Å². The SMILES string of the molecule is COc1ccc([C@H](N)CN)c(O)c1. The maximum Gasteiger partial charge on any atom is 0.124 e. The number of ether oxygens (including phenoxy) is 1. The number of phenolic OH excluding ortho intramolecular Hbond substituents is 1. The number of hydrogen-bond donors (Lipinski definition) is 3. The molecular weight excluding hydrogens is 168 g/mol. The normalized spacial score (nSPS) is 12.5. The van der Waals surface area contributed by atoms with Gasteiger partial charge in [0.25, 0.3) is 0 Å². The molecule has 0 fully saturated rings. The topological polar surface area (TPSA) is 81.5 Å². The Morgan fingerprint density at radius 3 is 2.69 bits per heavy atom. The molecule has 5 N–H and O–H groups in total. The maximum absolute atomic E-state index is 9.51. The number of benzene rings is 1. The molecule has 0 amide bonds. The number of aromatic hydroxyl groups is 1. The molecule has 0 aliphatic rings. The van der Waals surface area contributed by atoms with E-state index in [9.17, 15) is 5.11 Å². The predicted octanol–water partition coefficient (Wildman–Crippen LogP) is 0.359. The molecule has 0 heterocycles. The fourth-order valence-electron chi connectivity index (χ4n) is 1.09. The lowest BCUT2D eigenvalue weighted by Crippen LogP contribution is -2.20. The van der Waals surface area contributed by atoms with Gasteiger partial charge in [-0.3, -0.25) is 0 Å². The van der Waals surface area contributed by atoms with Gasteiger partial charge in [-0.25, -0.2) is 0 Å². The second-order valence-corrected chi connectivity index (χ2v) is 2.77. The zero-order chi connectivity index (χ0) is 9.84. The summed E-state index contributed by atoms with van der Waals surface area (Å²) >= 11 is 0. The molecule has 0 aliphatic heterocycles. The third-order valence-electron chi connectivity index (χ3n) is 1.89. The van der Waals surface area contributed by atoms with Gasteiger partial charge in [0.2, 0.25) is 0 Å². The average Bonchev–Trinajstić information content (AvgIpc) is 2.16. The summed E-state index contributed by atoms with van der Waals surface area (Å²) in [4.78, 5) is 0. The van der Waals surface area contributed by atoms with Crippen LogP contribution in [-0.4, -0.2) is 18.8 Å². The molecular formula is C9H14N2O2. The lowest BCUT2D eigenvalue weighted by Gasteiger charge is -2.11. The van der Waals surface area contributed by atoms with E-state index in [2.05, 4.69) is 0 Å². The van der Waals surface area contributed by atoms with E-state index >= 15 is 0 Å². The summed E-state index contributed by atoms with van der Waals surface area (Å²) in [6, 6.07) is 4.65. The summed E-state index contributed by atoms with van der Waals surface area (Å²) < 4.78 is 4.93. The van der Waals surface area contributed by atoms with Crippen LogP contribution < -0.4 is 16.2 Å². The monoisotopic (exact) mass is 182 g/mol. The Morgan fingerprint density at radius 1 is 1.54 bits per heavy atom. The number of nitrogens with two attached hydrogens (primary N) is 2. The van der Waals surface area contributed by atoms with Gasteiger partial charge in [0.05, 0.1) is 7.11 Å². The molecule has 0 radical (unpaired) electrons. The second-order valence-electron chi connectivity index (χ2n) is 2.77. The van der Waals surface area contributed by atoms with Gasteiger partial charge >= 0.3 is 0 Å². The summed E-state index contributed by atoms with van der Waals surface area (Å²) in [6.45, 7) is 0.305. The van der Waals surface area contributed by atoms with E-state index in [-0.39, 0.29) is 11.8 Å². The predicted molar refractivity (Wildman–Crippen MR) is 50.6 cm³/mol. The van der Waals surface area contributed by atoms with E-state index < -0.39 is 0 Å². The zero-order valence-corrected chi connectivity index (χ0v) is 7.53. The highest BCUT2D eigenvalue weighted by Crippen LogP contribution is 2.26. The van der Waals surface area contributed by atoms with Crippen molar-refractivity contribution in [2.75, 3.05) is 13.7 Å². The van der Waals surface area contributed by atoms with Crippen LogP contribution in [0.5, 0.6) is 11.5 Å². The van der Waals surface area contributed by atoms with Gasteiger partial charge in [-0.1, -0.05) is 6.07 Å². The van der Waals surface area contributed by atoms with Crippen molar-refractivity contribution in [3.63, 3.8) is 0 Å². The van der Waals surface area contributed by atoms with E-state index in [1.165, 1.54) is 13.2 Å². The quantitative estimate of drug-likeness (QED) is 0.630. The van der Waals surface area contributed by atoms with Crippen LogP contribution in [0.25, 0.3) is 0 Å². The van der Waals surface area contributed by atoms with Crippen molar-refractivity contribution in [3.8, 4) is 11.5 Å². The molecule has 0 aromatic heterocycles. The Kier molecular flexibility index (Phi) is 3.11. The lowest BCUT2D eigenvalue weighted by atomic mass is 10.1. The van der Waals surface area contributed by atoms with E-state index in [1.807, 2.05) is 0 Å². The van der Waals surface area contributed by atoms with Crippen molar-refractivity contribution in [1.29, 1.82) is 0 Å². The highest BCUT2D eigenvalue weighted by Gasteiger charge is 2.09. The van der Waals surface area contributed by atoms with Gasteiger partial charge in [-0.2, -0.15) is 0 Å². The molecule has 4 heteroatoms.